The molecule has 0 saturated carbocycles. The molecule has 0 spiro atoms. The monoisotopic (exact) mass is 332 g/mol. The molecule has 5 nitrogen and oxygen atoms in total. The Bertz CT molecular complexity index is 837. The highest BCUT2D eigenvalue weighted by Gasteiger charge is 2.12. The van der Waals surface area contributed by atoms with E-state index in [9.17, 15) is 4.79 Å². The van der Waals surface area contributed by atoms with Crippen molar-refractivity contribution in [2.24, 2.45) is 12.8 Å². The molecule has 0 bridgehead atoms. The highest BCUT2D eigenvalue weighted by atomic mass is 32.2. The van der Waals surface area contributed by atoms with Gasteiger partial charge in [0.25, 0.3) is 0 Å². The molecule has 3 aromatic rings. The second-order valence-corrected chi connectivity index (χ2v) is 7.30. The van der Waals surface area contributed by atoms with Crippen LogP contribution in [0.2, 0.25) is 0 Å². The molecule has 2 aromatic heterocycles. The van der Waals surface area contributed by atoms with Crippen LogP contribution in [0.3, 0.4) is 0 Å². The summed E-state index contributed by atoms with van der Waals surface area (Å²) in [4.78, 5) is 21.1. The van der Waals surface area contributed by atoms with Gasteiger partial charge in [0.1, 0.15) is 5.82 Å². The predicted molar refractivity (Wildman–Crippen MR) is 90.0 cm³/mol. The second kappa shape index (κ2) is 6.10. The summed E-state index contributed by atoms with van der Waals surface area (Å²) in [6.45, 7) is 1.91. The summed E-state index contributed by atoms with van der Waals surface area (Å²) >= 11 is 3.17. The van der Waals surface area contributed by atoms with Crippen LogP contribution >= 0.6 is 23.1 Å². The first-order valence-corrected chi connectivity index (χ1v) is 8.62. The Morgan fingerprint density at radius 2 is 2.14 bits per heavy atom. The van der Waals surface area contributed by atoms with Gasteiger partial charge in [0.15, 0.2) is 4.34 Å². The van der Waals surface area contributed by atoms with Crippen molar-refractivity contribution in [2.45, 2.75) is 23.4 Å². The lowest BCUT2D eigenvalue weighted by molar-refractivity contribution is -0.117. The summed E-state index contributed by atoms with van der Waals surface area (Å²) in [6, 6.07) is 8.09. The number of hydrogen-bond donors (Lipinski definition) is 1. The van der Waals surface area contributed by atoms with Crippen LogP contribution in [0.25, 0.3) is 11.0 Å². The molecule has 2 heterocycles. The van der Waals surface area contributed by atoms with E-state index in [1.165, 1.54) is 11.3 Å². The number of primary amides is 1. The Kier molecular flexibility index (Phi) is 4.17. The van der Waals surface area contributed by atoms with E-state index in [4.69, 9.17) is 5.73 Å². The average Bonchev–Trinajstić information content (AvgIpc) is 2.98. The van der Waals surface area contributed by atoms with E-state index in [0.717, 1.165) is 37.5 Å². The summed E-state index contributed by atoms with van der Waals surface area (Å²) in [5, 5.41) is 0. The van der Waals surface area contributed by atoms with Crippen molar-refractivity contribution in [3.63, 3.8) is 0 Å². The Morgan fingerprint density at radius 3 is 2.86 bits per heavy atom. The molecule has 3 rings (SSSR count). The van der Waals surface area contributed by atoms with Gasteiger partial charge in [-0.15, -0.1) is 11.3 Å². The summed E-state index contributed by atoms with van der Waals surface area (Å²) in [5.41, 5.74) is 8.27. The first-order chi connectivity index (χ1) is 10.5. The maximum absolute atomic E-state index is 11.0. The largest absolute Gasteiger partial charge is 0.369 e. The smallest absolute Gasteiger partial charge is 0.222 e. The second-order valence-electron chi connectivity index (χ2n) is 5.00. The molecule has 0 fully saturated rings. The van der Waals surface area contributed by atoms with Crippen LogP contribution in [0.5, 0.6) is 0 Å². The number of thioether (sulfide) groups is 1. The van der Waals surface area contributed by atoms with Crippen LogP contribution in [0.4, 0.5) is 0 Å². The number of aromatic nitrogens is 3. The minimum atomic E-state index is -0.321. The molecule has 0 unspecified atom stereocenters. The molecule has 0 atom stereocenters. The molecule has 0 radical (unpaired) electrons. The van der Waals surface area contributed by atoms with E-state index in [-0.39, 0.29) is 12.3 Å². The first kappa shape index (κ1) is 15.1. The third-order valence-corrected chi connectivity index (χ3v) is 5.71. The number of fused-ring (bicyclic) bond motifs is 1. The molecule has 0 saturated heterocycles. The number of rotatable bonds is 5. The van der Waals surface area contributed by atoms with Crippen LogP contribution in [-0.4, -0.2) is 20.4 Å². The maximum Gasteiger partial charge on any atom is 0.222 e. The normalized spacial score (nSPS) is 11.2. The Balaban J connectivity index is 1.76. The topological polar surface area (TPSA) is 73.8 Å². The van der Waals surface area contributed by atoms with Crippen molar-refractivity contribution in [1.82, 2.24) is 14.5 Å². The number of imidazole rings is 1. The highest BCUT2D eigenvalue weighted by molar-refractivity contribution is 8.00. The maximum atomic E-state index is 11.0. The lowest BCUT2D eigenvalue weighted by atomic mass is 10.3. The molecule has 0 aliphatic rings. The van der Waals surface area contributed by atoms with Crippen molar-refractivity contribution >= 4 is 40.0 Å². The molecular formula is C15H16N4OS2. The summed E-state index contributed by atoms with van der Waals surface area (Å²) < 4.78 is 3.05. The number of aryl methyl sites for hydroxylation is 2. The fourth-order valence-corrected chi connectivity index (χ4v) is 4.46. The van der Waals surface area contributed by atoms with E-state index >= 15 is 0 Å². The molecule has 0 aliphatic carbocycles. The minimum absolute atomic E-state index is 0.260. The van der Waals surface area contributed by atoms with Gasteiger partial charge < -0.3 is 10.3 Å². The lowest BCUT2D eigenvalue weighted by Gasteiger charge is -2.00. The number of hydrogen-bond acceptors (Lipinski definition) is 5. The van der Waals surface area contributed by atoms with Crippen LogP contribution in [0, 0.1) is 6.92 Å². The lowest BCUT2D eigenvalue weighted by Crippen LogP contribution is -2.13. The molecule has 114 valence electrons. The molecule has 0 aliphatic heterocycles. The number of nitrogens with two attached hydrogens (primary N) is 1. The zero-order valence-corrected chi connectivity index (χ0v) is 14.0. The van der Waals surface area contributed by atoms with Crippen molar-refractivity contribution in [2.75, 3.05) is 0 Å². The van der Waals surface area contributed by atoms with E-state index < -0.39 is 0 Å². The third kappa shape index (κ3) is 3.00. The molecule has 7 heteroatoms. The molecular weight excluding hydrogens is 316 g/mol. The van der Waals surface area contributed by atoms with Crippen LogP contribution in [-0.2, 0) is 24.0 Å². The van der Waals surface area contributed by atoms with Crippen molar-refractivity contribution < 1.29 is 4.79 Å². The summed E-state index contributed by atoms with van der Waals surface area (Å²) in [5.74, 6) is 1.43. The Labute approximate surface area is 136 Å². The van der Waals surface area contributed by atoms with Gasteiger partial charge >= 0.3 is 0 Å². The number of carbonyl (C=O) groups excluding carboxylic acids is 1. The number of para-hydroxylation sites is 2. The van der Waals surface area contributed by atoms with E-state index in [1.807, 2.05) is 32.2 Å². The first-order valence-electron chi connectivity index (χ1n) is 6.82. The van der Waals surface area contributed by atoms with Gasteiger partial charge in [0, 0.05) is 11.9 Å². The average molecular weight is 332 g/mol. The predicted octanol–water partition coefficient (Wildman–Crippen LogP) is 2.66. The Hall–Kier alpha value is -1.86. The molecule has 2 N–H and O–H groups in total. The highest BCUT2D eigenvalue weighted by Crippen LogP contribution is 2.30. The van der Waals surface area contributed by atoms with Gasteiger partial charge in [-0.05, 0) is 19.1 Å². The summed E-state index contributed by atoms with van der Waals surface area (Å²) in [6.07, 6.45) is 0.260. The molecule has 1 amide bonds. The van der Waals surface area contributed by atoms with Gasteiger partial charge in [-0.2, -0.15) is 0 Å². The number of amides is 1. The van der Waals surface area contributed by atoms with Crippen LogP contribution < -0.4 is 5.73 Å². The standard InChI is InChI=1S/C15H16N4OS2/c1-9-12(7-13(16)20)22-15(17-9)21-8-14-18-10-5-3-4-6-11(10)19(14)2/h3-6H,7-8H2,1-2H3,(H2,16,20). The Morgan fingerprint density at radius 1 is 1.36 bits per heavy atom. The zero-order valence-electron chi connectivity index (χ0n) is 12.4. The minimum Gasteiger partial charge on any atom is -0.369 e. The van der Waals surface area contributed by atoms with Crippen LogP contribution in [0.15, 0.2) is 28.6 Å². The SMILES string of the molecule is Cc1nc(SCc2nc3ccccc3n2C)sc1CC(N)=O. The van der Waals surface area contributed by atoms with Gasteiger partial charge in [0.05, 0.1) is 28.9 Å². The van der Waals surface area contributed by atoms with Gasteiger partial charge in [-0.25, -0.2) is 9.97 Å². The number of nitrogens with zero attached hydrogens (tertiary/aromatic N) is 3. The van der Waals surface area contributed by atoms with E-state index in [2.05, 4.69) is 20.6 Å². The summed E-state index contributed by atoms with van der Waals surface area (Å²) in [7, 11) is 2.02. The van der Waals surface area contributed by atoms with Crippen molar-refractivity contribution in [3.05, 3.63) is 40.7 Å². The fraction of sp³-hybridized carbons (Fsp3) is 0.267. The van der Waals surface area contributed by atoms with E-state index in [0.29, 0.717) is 0 Å². The molecule has 22 heavy (non-hydrogen) atoms. The third-order valence-electron chi connectivity index (χ3n) is 3.41. The zero-order chi connectivity index (χ0) is 15.7. The van der Waals surface area contributed by atoms with E-state index in [1.54, 1.807) is 11.8 Å². The van der Waals surface area contributed by atoms with Gasteiger partial charge in [0.2, 0.25) is 5.91 Å². The van der Waals surface area contributed by atoms with Gasteiger partial charge in [-0.3, -0.25) is 4.79 Å². The van der Waals surface area contributed by atoms with Crippen LogP contribution in [0.1, 0.15) is 16.4 Å². The number of thiazole rings is 1. The molecule has 1 aromatic carbocycles. The quantitative estimate of drug-likeness (QED) is 0.729. The number of benzene rings is 1. The number of carbonyl (C=O) groups is 1. The van der Waals surface area contributed by atoms with Gasteiger partial charge in [-0.1, -0.05) is 23.9 Å². The fourth-order valence-electron chi connectivity index (χ4n) is 2.24. The van der Waals surface area contributed by atoms with Crippen molar-refractivity contribution in [3.8, 4) is 0 Å². The van der Waals surface area contributed by atoms with Crippen molar-refractivity contribution in [1.29, 1.82) is 0 Å².